The molecule has 2 rings (SSSR count). The summed E-state index contributed by atoms with van der Waals surface area (Å²) in [4.78, 5) is 24.4. The van der Waals surface area contributed by atoms with E-state index in [0.717, 1.165) is 23.4 Å². The van der Waals surface area contributed by atoms with E-state index in [0.29, 0.717) is 36.4 Å². The summed E-state index contributed by atoms with van der Waals surface area (Å²) in [6.07, 6.45) is 2.16. The average molecular weight is 361 g/mol. The summed E-state index contributed by atoms with van der Waals surface area (Å²) in [5.41, 5.74) is 2.46. The minimum absolute atomic E-state index is 0.0708. The molecule has 6 nitrogen and oxygen atoms in total. The summed E-state index contributed by atoms with van der Waals surface area (Å²) in [5.74, 6) is 0.147. The highest BCUT2D eigenvalue weighted by molar-refractivity contribution is 5.95. The molecule has 6 heteroatoms. The summed E-state index contributed by atoms with van der Waals surface area (Å²) in [5, 5.41) is 3.05. The van der Waals surface area contributed by atoms with Crippen molar-refractivity contribution in [3.05, 3.63) is 35.9 Å². The van der Waals surface area contributed by atoms with Crippen LogP contribution in [0.25, 0.3) is 0 Å². The van der Waals surface area contributed by atoms with Crippen molar-refractivity contribution >= 4 is 17.6 Å². The number of likely N-dealkylation sites (N-methyl/N-ethyl adjacent to an activating group) is 1. The van der Waals surface area contributed by atoms with Gasteiger partial charge in [0.15, 0.2) is 6.04 Å². The SMILES string of the molecule is C=CC[N+]1(C)CCOCC1C(=O)Nc1c(C)cc(OC(=O)CC)cc1C. The molecule has 1 aromatic carbocycles. The molecule has 0 aliphatic carbocycles. The van der Waals surface area contributed by atoms with Crippen molar-refractivity contribution in [2.24, 2.45) is 0 Å². The Labute approximate surface area is 155 Å². The molecule has 1 saturated heterocycles. The topological polar surface area (TPSA) is 64.6 Å². The second-order valence-electron chi connectivity index (χ2n) is 7.01. The maximum absolute atomic E-state index is 12.9. The number of carbonyl (C=O) groups is 2. The van der Waals surface area contributed by atoms with Gasteiger partial charge in [0.1, 0.15) is 18.9 Å². The number of nitrogens with one attached hydrogen (secondary N) is 1. The quantitative estimate of drug-likeness (QED) is 0.366. The van der Waals surface area contributed by atoms with Crippen molar-refractivity contribution in [1.82, 2.24) is 0 Å². The van der Waals surface area contributed by atoms with Crippen molar-refractivity contribution in [1.29, 1.82) is 0 Å². The van der Waals surface area contributed by atoms with Crippen LogP contribution >= 0.6 is 0 Å². The van der Waals surface area contributed by atoms with E-state index in [-0.39, 0.29) is 17.9 Å². The molecular formula is C20H29N2O4+. The van der Waals surface area contributed by atoms with Gasteiger partial charge in [0.25, 0.3) is 5.91 Å². The maximum atomic E-state index is 12.9. The van der Waals surface area contributed by atoms with E-state index in [2.05, 4.69) is 18.9 Å². The number of morpholine rings is 1. The van der Waals surface area contributed by atoms with Gasteiger partial charge in [-0.05, 0) is 43.2 Å². The van der Waals surface area contributed by atoms with Gasteiger partial charge in [-0.2, -0.15) is 0 Å². The van der Waals surface area contributed by atoms with Gasteiger partial charge < -0.3 is 19.3 Å². The number of nitrogens with zero attached hydrogens (tertiary/aromatic N) is 1. The van der Waals surface area contributed by atoms with Crippen molar-refractivity contribution in [2.75, 3.05) is 38.7 Å². The van der Waals surface area contributed by atoms with Crippen LogP contribution in [0.1, 0.15) is 24.5 Å². The highest BCUT2D eigenvalue weighted by Crippen LogP contribution is 2.28. The lowest BCUT2D eigenvalue weighted by molar-refractivity contribution is -0.926. The monoisotopic (exact) mass is 361 g/mol. The lowest BCUT2D eigenvalue weighted by Gasteiger charge is -2.42. The van der Waals surface area contributed by atoms with Crippen LogP contribution in [-0.4, -0.2) is 55.8 Å². The fourth-order valence-corrected chi connectivity index (χ4v) is 3.27. The molecule has 1 aromatic rings. The molecule has 1 N–H and O–H groups in total. The standard InChI is InChI=1S/C20H28N2O4/c1-6-8-22(5)9-10-25-13-17(22)20(24)21-19-14(3)11-16(12-15(19)4)26-18(23)7-2/h6,11-12,17H,1,7-10,13H2,2-5H3/p+1. The zero-order valence-corrected chi connectivity index (χ0v) is 16.1. The molecule has 1 aliphatic heterocycles. The molecule has 1 heterocycles. The largest absolute Gasteiger partial charge is 0.427 e. The number of anilines is 1. The van der Waals surface area contributed by atoms with Crippen molar-refractivity contribution < 1.29 is 23.5 Å². The summed E-state index contributed by atoms with van der Waals surface area (Å²) >= 11 is 0. The molecule has 2 unspecified atom stereocenters. The Hall–Kier alpha value is -2.18. The zero-order valence-electron chi connectivity index (χ0n) is 16.1. The minimum Gasteiger partial charge on any atom is -0.427 e. The molecule has 1 amide bonds. The van der Waals surface area contributed by atoms with Gasteiger partial charge in [-0.3, -0.25) is 9.59 Å². The molecule has 0 bridgehead atoms. The first-order valence-corrected chi connectivity index (χ1v) is 8.96. The molecule has 26 heavy (non-hydrogen) atoms. The van der Waals surface area contributed by atoms with Crippen LogP contribution in [0.3, 0.4) is 0 Å². The molecule has 0 spiro atoms. The smallest absolute Gasteiger partial charge is 0.310 e. The summed E-state index contributed by atoms with van der Waals surface area (Å²) in [6, 6.07) is 3.24. The molecule has 1 fully saturated rings. The fourth-order valence-electron chi connectivity index (χ4n) is 3.27. The Morgan fingerprint density at radius 3 is 2.62 bits per heavy atom. The highest BCUT2D eigenvalue weighted by atomic mass is 16.5. The van der Waals surface area contributed by atoms with Crippen LogP contribution in [0, 0.1) is 13.8 Å². The number of hydrogen-bond donors (Lipinski definition) is 1. The second kappa shape index (κ2) is 8.47. The van der Waals surface area contributed by atoms with E-state index in [1.54, 1.807) is 19.1 Å². The van der Waals surface area contributed by atoms with Crippen LogP contribution in [-0.2, 0) is 14.3 Å². The number of ether oxygens (including phenoxy) is 2. The number of rotatable bonds is 6. The number of esters is 1. The molecule has 0 saturated carbocycles. The van der Waals surface area contributed by atoms with Gasteiger partial charge in [-0.15, -0.1) is 0 Å². The van der Waals surface area contributed by atoms with Crippen molar-refractivity contribution in [2.45, 2.75) is 33.2 Å². The summed E-state index contributed by atoms with van der Waals surface area (Å²) in [7, 11) is 2.06. The zero-order chi connectivity index (χ0) is 19.3. The summed E-state index contributed by atoms with van der Waals surface area (Å²) < 4.78 is 11.4. The third-order valence-electron chi connectivity index (χ3n) is 4.90. The van der Waals surface area contributed by atoms with Crippen molar-refractivity contribution in [3.63, 3.8) is 0 Å². The van der Waals surface area contributed by atoms with Gasteiger partial charge in [0.2, 0.25) is 0 Å². The normalized spacial score (nSPS) is 22.5. The van der Waals surface area contributed by atoms with Crippen LogP contribution in [0.5, 0.6) is 5.75 Å². The molecule has 0 radical (unpaired) electrons. The maximum Gasteiger partial charge on any atom is 0.310 e. The van der Waals surface area contributed by atoms with Crippen LogP contribution in [0.2, 0.25) is 0 Å². The predicted octanol–water partition coefficient (Wildman–Crippen LogP) is 2.59. The number of benzene rings is 1. The lowest BCUT2D eigenvalue weighted by Crippen LogP contribution is -2.63. The van der Waals surface area contributed by atoms with E-state index in [4.69, 9.17) is 9.47 Å². The highest BCUT2D eigenvalue weighted by Gasteiger charge is 2.40. The van der Waals surface area contributed by atoms with Gasteiger partial charge in [-0.25, -0.2) is 0 Å². The van der Waals surface area contributed by atoms with Crippen LogP contribution < -0.4 is 10.1 Å². The number of carbonyl (C=O) groups excluding carboxylic acids is 2. The summed E-state index contributed by atoms with van der Waals surface area (Å²) in [6.45, 7) is 11.9. The molecule has 1 aliphatic rings. The number of hydrogen-bond acceptors (Lipinski definition) is 4. The first-order valence-electron chi connectivity index (χ1n) is 8.96. The lowest BCUT2D eigenvalue weighted by atomic mass is 10.1. The van der Waals surface area contributed by atoms with Gasteiger partial charge in [-0.1, -0.05) is 13.5 Å². The van der Waals surface area contributed by atoms with Gasteiger partial charge >= 0.3 is 5.97 Å². The molecule has 0 aromatic heterocycles. The average Bonchev–Trinajstić information content (AvgIpc) is 2.58. The Kier molecular flexibility index (Phi) is 6.56. The molecule has 142 valence electrons. The molecular weight excluding hydrogens is 332 g/mol. The second-order valence-corrected chi connectivity index (χ2v) is 7.01. The van der Waals surface area contributed by atoms with Gasteiger partial charge in [0, 0.05) is 12.1 Å². The Bertz CT molecular complexity index is 678. The number of amides is 1. The third kappa shape index (κ3) is 4.51. The van der Waals surface area contributed by atoms with E-state index >= 15 is 0 Å². The number of aryl methyl sites for hydroxylation is 2. The Morgan fingerprint density at radius 1 is 1.38 bits per heavy atom. The van der Waals surface area contributed by atoms with Gasteiger partial charge in [0.05, 0.1) is 20.2 Å². The third-order valence-corrected chi connectivity index (χ3v) is 4.90. The number of quaternary nitrogens is 1. The van der Waals surface area contributed by atoms with Crippen LogP contribution in [0.15, 0.2) is 24.8 Å². The first kappa shape index (κ1) is 20.1. The fraction of sp³-hybridized carbons (Fsp3) is 0.500. The predicted molar refractivity (Wildman–Crippen MR) is 101 cm³/mol. The van der Waals surface area contributed by atoms with E-state index in [1.807, 2.05) is 19.9 Å². The van der Waals surface area contributed by atoms with Crippen LogP contribution in [0.4, 0.5) is 5.69 Å². The van der Waals surface area contributed by atoms with E-state index in [9.17, 15) is 9.59 Å². The van der Waals surface area contributed by atoms with E-state index < -0.39 is 0 Å². The molecule has 2 atom stereocenters. The Balaban J connectivity index is 2.20. The minimum atomic E-state index is -0.293. The van der Waals surface area contributed by atoms with Crippen molar-refractivity contribution in [3.8, 4) is 5.75 Å². The van der Waals surface area contributed by atoms with E-state index in [1.165, 1.54) is 0 Å². The Morgan fingerprint density at radius 2 is 2.04 bits per heavy atom. The first-order chi connectivity index (χ1) is 12.3.